The van der Waals surface area contributed by atoms with Crippen LogP contribution >= 0.6 is 0 Å². The second-order valence-electron chi connectivity index (χ2n) is 7.82. The van der Waals surface area contributed by atoms with Crippen LogP contribution in [0.25, 0.3) is 6.08 Å². The number of amides is 1. The molecule has 27 heavy (non-hydrogen) atoms. The zero-order valence-electron chi connectivity index (χ0n) is 15.7. The van der Waals surface area contributed by atoms with Crippen LogP contribution < -0.4 is 4.74 Å². The lowest BCUT2D eigenvalue weighted by atomic mass is 9.85. The van der Waals surface area contributed by atoms with Gasteiger partial charge in [0.2, 0.25) is 5.78 Å². The van der Waals surface area contributed by atoms with Crippen molar-refractivity contribution in [2.75, 3.05) is 13.1 Å². The maximum atomic E-state index is 13.0. The molecule has 1 N–H and O–H groups in total. The van der Waals surface area contributed by atoms with Crippen molar-refractivity contribution in [1.29, 1.82) is 0 Å². The van der Waals surface area contributed by atoms with Crippen LogP contribution in [-0.2, 0) is 9.53 Å². The van der Waals surface area contributed by atoms with Gasteiger partial charge in [0.25, 0.3) is 0 Å². The Labute approximate surface area is 157 Å². The molecule has 0 aromatic heterocycles. The van der Waals surface area contributed by atoms with Crippen LogP contribution in [0.5, 0.6) is 5.75 Å². The van der Waals surface area contributed by atoms with E-state index in [2.05, 4.69) is 0 Å². The van der Waals surface area contributed by atoms with Gasteiger partial charge in [-0.1, -0.05) is 6.07 Å². The molecule has 0 bridgehead atoms. The van der Waals surface area contributed by atoms with E-state index in [4.69, 9.17) is 14.6 Å². The van der Waals surface area contributed by atoms with E-state index in [9.17, 15) is 14.4 Å². The van der Waals surface area contributed by atoms with E-state index in [1.807, 2.05) is 20.8 Å². The second-order valence-corrected chi connectivity index (χ2v) is 7.82. The van der Waals surface area contributed by atoms with E-state index < -0.39 is 17.2 Å². The average Bonchev–Trinajstić information content (AvgIpc) is 2.84. The number of carboxylic acid groups (broad SMARTS) is 1. The fourth-order valence-electron chi connectivity index (χ4n) is 3.29. The first-order chi connectivity index (χ1) is 12.6. The van der Waals surface area contributed by atoms with E-state index in [1.54, 1.807) is 23.1 Å². The summed E-state index contributed by atoms with van der Waals surface area (Å²) in [6, 6.07) is 5.04. The number of fused-ring (bicyclic) bond motifs is 1. The lowest BCUT2D eigenvalue weighted by molar-refractivity contribution is -0.131. The minimum atomic E-state index is -1.05. The Kier molecular flexibility index (Phi) is 4.71. The van der Waals surface area contributed by atoms with Gasteiger partial charge >= 0.3 is 12.1 Å². The number of carbonyl (C=O) groups excluding carboxylic acids is 2. The van der Waals surface area contributed by atoms with Crippen molar-refractivity contribution >= 4 is 23.9 Å². The largest absolute Gasteiger partial charge is 0.478 e. The third-order valence-electron chi connectivity index (χ3n) is 4.61. The van der Waals surface area contributed by atoms with Crippen molar-refractivity contribution in [1.82, 2.24) is 4.90 Å². The van der Waals surface area contributed by atoms with Gasteiger partial charge in [-0.2, -0.15) is 0 Å². The molecule has 1 fully saturated rings. The molecule has 0 radical (unpaired) electrons. The normalized spacial score (nSPS) is 18.5. The monoisotopic (exact) mass is 373 g/mol. The quantitative estimate of drug-likeness (QED) is 0.801. The van der Waals surface area contributed by atoms with Gasteiger partial charge in [0.15, 0.2) is 5.60 Å². The molecule has 0 saturated carbocycles. The third kappa shape index (κ3) is 3.97. The highest BCUT2D eigenvalue weighted by Gasteiger charge is 2.50. The second kappa shape index (κ2) is 6.72. The van der Waals surface area contributed by atoms with Gasteiger partial charge in [0.05, 0.1) is 5.56 Å². The molecule has 2 heterocycles. The summed E-state index contributed by atoms with van der Waals surface area (Å²) in [7, 11) is 0. The minimum Gasteiger partial charge on any atom is -0.478 e. The summed E-state index contributed by atoms with van der Waals surface area (Å²) in [5.74, 6) is -0.672. The number of piperidine rings is 1. The third-order valence-corrected chi connectivity index (χ3v) is 4.61. The number of aliphatic carboxylic acids is 1. The zero-order chi connectivity index (χ0) is 19.8. The van der Waals surface area contributed by atoms with Gasteiger partial charge in [0.1, 0.15) is 11.4 Å². The van der Waals surface area contributed by atoms with Gasteiger partial charge in [0, 0.05) is 32.0 Å². The molecular weight excluding hydrogens is 350 g/mol. The Morgan fingerprint density at radius 3 is 2.52 bits per heavy atom. The number of hydrogen-bond acceptors (Lipinski definition) is 5. The number of benzene rings is 1. The van der Waals surface area contributed by atoms with E-state index in [1.165, 1.54) is 6.08 Å². The Bertz CT molecular complexity index is 812. The smallest absolute Gasteiger partial charge is 0.410 e. The predicted molar refractivity (Wildman–Crippen MR) is 97.8 cm³/mol. The van der Waals surface area contributed by atoms with Crippen LogP contribution in [0.15, 0.2) is 24.3 Å². The lowest BCUT2D eigenvalue weighted by Gasteiger charge is -2.37. The molecule has 0 unspecified atom stereocenters. The highest BCUT2D eigenvalue weighted by atomic mass is 16.6. The van der Waals surface area contributed by atoms with Gasteiger partial charge in [-0.3, -0.25) is 4.79 Å². The first-order valence-corrected chi connectivity index (χ1v) is 8.86. The Hall–Kier alpha value is -2.83. The number of carboxylic acids is 1. The molecule has 1 aromatic rings. The first-order valence-electron chi connectivity index (χ1n) is 8.86. The molecule has 1 saturated heterocycles. The van der Waals surface area contributed by atoms with Crippen molar-refractivity contribution in [2.45, 2.75) is 44.8 Å². The van der Waals surface area contributed by atoms with E-state index >= 15 is 0 Å². The van der Waals surface area contributed by atoms with E-state index in [-0.39, 0.29) is 11.9 Å². The standard InChI is InChI=1S/C20H23NO6/c1-19(2,3)27-18(25)21-10-8-20(9-11-21)17(24)14-12-13(5-7-16(22)23)4-6-15(14)26-20/h4-7,12H,8-11H2,1-3H3,(H,22,23)/b7-5+. The molecular formula is C20H23NO6. The number of ketones is 1. The lowest BCUT2D eigenvalue weighted by Crippen LogP contribution is -2.52. The Morgan fingerprint density at radius 1 is 1.26 bits per heavy atom. The maximum absolute atomic E-state index is 13.0. The van der Waals surface area contributed by atoms with Crippen LogP contribution in [0.2, 0.25) is 0 Å². The number of Topliss-reactive ketones (excluding diaryl/α,β-unsaturated/α-hetero) is 1. The van der Waals surface area contributed by atoms with Gasteiger partial charge < -0.3 is 19.5 Å². The Morgan fingerprint density at radius 2 is 1.93 bits per heavy atom. The number of rotatable bonds is 2. The summed E-state index contributed by atoms with van der Waals surface area (Å²) in [6.07, 6.45) is 2.85. The highest BCUT2D eigenvalue weighted by Crippen LogP contribution is 2.41. The summed E-state index contributed by atoms with van der Waals surface area (Å²) < 4.78 is 11.4. The van der Waals surface area contributed by atoms with Crippen LogP contribution in [0.3, 0.4) is 0 Å². The van der Waals surface area contributed by atoms with E-state index in [0.29, 0.717) is 42.8 Å². The molecule has 2 aliphatic heterocycles. The predicted octanol–water partition coefficient (Wildman–Crippen LogP) is 3.13. The number of nitrogens with zero attached hydrogens (tertiary/aromatic N) is 1. The molecule has 0 atom stereocenters. The topological polar surface area (TPSA) is 93.1 Å². The maximum Gasteiger partial charge on any atom is 0.410 e. The number of carbonyl (C=O) groups is 3. The molecule has 7 heteroatoms. The summed E-state index contributed by atoms with van der Waals surface area (Å²) >= 11 is 0. The number of hydrogen-bond donors (Lipinski definition) is 1. The van der Waals surface area contributed by atoms with Crippen molar-refractivity contribution in [3.05, 3.63) is 35.4 Å². The molecule has 7 nitrogen and oxygen atoms in total. The van der Waals surface area contributed by atoms with Crippen LogP contribution in [0, 0.1) is 0 Å². The molecule has 2 aliphatic rings. The Balaban J connectivity index is 1.71. The molecule has 1 amide bonds. The molecule has 0 aliphatic carbocycles. The van der Waals surface area contributed by atoms with Crippen molar-refractivity contribution < 1.29 is 29.0 Å². The highest BCUT2D eigenvalue weighted by molar-refractivity contribution is 6.08. The summed E-state index contributed by atoms with van der Waals surface area (Å²) in [4.78, 5) is 37.4. The van der Waals surface area contributed by atoms with Crippen LogP contribution in [-0.4, -0.2) is 52.1 Å². The van der Waals surface area contributed by atoms with Crippen LogP contribution in [0.1, 0.15) is 49.5 Å². The molecule has 1 spiro atoms. The summed E-state index contributed by atoms with van der Waals surface area (Å²) in [5, 5.41) is 8.74. The fourth-order valence-corrected chi connectivity index (χ4v) is 3.29. The van der Waals surface area contributed by atoms with Crippen molar-refractivity contribution in [2.24, 2.45) is 0 Å². The molecule has 144 valence electrons. The van der Waals surface area contributed by atoms with Crippen molar-refractivity contribution in [3.63, 3.8) is 0 Å². The van der Waals surface area contributed by atoms with E-state index in [0.717, 1.165) is 6.08 Å². The number of ether oxygens (including phenoxy) is 2. The first kappa shape index (κ1) is 18.9. The molecule has 1 aromatic carbocycles. The van der Waals surface area contributed by atoms with Gasteiger partial charge in [-0.25, -0.2) is 9.59 Å². The zero-order valence-corrected chi connectivity index (χ0v) is 15.7. The van der Waals surface area contributed by atoms with Crippen molar-refractivity contribution in [3.8, 4) is 5.75 Å². The van der Waals surface area contributed by atoms with Gasteiger partial charge in [-0.15, -0.1) is 0 Å². The average molecular weight is 373 g/mol. The summed E-state index contributed by atoms with van der Waals surface area (Å²) in [5.41, 5.74) is -0.456. The van der Waals surface area contributed by atoms with Crippen LogP contribution in [0.4, 0.5) is 4.79 Å². The van der Waals surface area contributed by atoms with Gasteiger partial charge in [-0.05, 0) is 44.5 Å². The number of likely N-dealkylation sites (tertiary alicyclic amines) is 1. The molecule has 3 rings (SSSR count). The fraction of sp³-hybridized carbons (Fsp3) is 0.450. The summed E-state index contributed by atoms with van der Waals surface area (Å²) in [6.45, 7) is 6.19. The SMILES string of the molecule is CC(C)(C)OC(=O)N1CCC2(CC1)Oc1ccc(/C=C/C(=O)O)cc1C2=O. The minimum absolute atomic E-state index is 0.119.